The maximum atomic E-state index is 13.5. The molecule has 2 aromatic rings. The van der Waals surface area contributed by atoms with E-state index in [0.717, 1.165) is 36.7 Å². The lowest BCUT2D eigenvalue weighted by atomic mass is 9.98. The van der Waals surface area contributed by atoms with Crippen LogP contribution in [0.25, 0.3) is 11.1 Å². The topological polar surface area (TPSA) is 12.0 Å². The Hall–Kier alpha value is -1.61. The van der Waals surface area contributed by atoms with Gasteiger partial charge in [-0.2, -0.15) is 0 Å². The van der Waals surface area contributed by atoms with Crippen LogP contribution < -0.4 is 5.32 Å². The van der Waals surface area contributed by atoms with E-state index in [1.54, 1.807) is 0 Å². The number of nitrogens with one attached hydrogen (secondary N) is 1. The molecule has 0 aromatic heterocycles. The molecule has 2 aromatic carbocycles. The van der Waals surface area contributed by atoms with Crippen LogP contribution in [-0.2, 0) is 6.42 Å². The Balaban J connectivity index is 2.12. The van der Waals surface area contributed by atoms with Crippen LogP contribution in [0.5, 0.6) is 0 Å². The second kappa shape index (κ2) is 4.82. The van der Waals surface area contributed by atoms with Crippen LogP contribution >= 0.6 is 11.6 Å². The van der Waals surface area contributed by atoms with Crippen molar-refractivity contribution in [3.05, 3.63) is 52.6 Å². The lowest BCUT2D eigenvalue weighted by Crippen LogP contribution is -2.11. The van der Waals surface area contributed by atoms with Crippen molar-refractivity contribution in [3.8, 4) is 11.1 Å². The van der Waals surface area contributed by atoms with Gasteiger partial charge in [-0.05, 0) is 36.1 Å². The van der Waals surface area contributed by atoms with Crippen LogP contribution in [0.2, 0.25) is 5.02 Å². The maximum Gasteiger partial charge on any atom is 0.145 e. The van der Waals surface area contributed by atoms with Crippen LogP contribution in [0.15, 0.2) is 30.3 Å². The molecule has 0 unspecified atom stereocenters. The van der Waals surface area contributed by atoms with Crippen molar-refractivity contribution in [3.63, 3.8) is 0 Å². The van der Waals surface area contributed by atoms with Crippen LogP contribution in [0.4, 0.5) is 14.5 Å². The third-order valence-electron chi connectivity index (χ3n) is 3.35. The Bertz CT molecular complexity index is 640. The molecular formula is C15H12ClF2N. The number of hydrogen-bond acceptors (Lipinski definition) is 1. The van der Waals surface area contributed by atoms with Gasteiger partial charge in [-0.25, -0.2) is 8.78 Å². The van der Waals surface area contributed by atoms with E-state index < -0.39 is 11.6 Å². The number of halogens is 3. The summed E-state index contributed by atoms with van der Waals surface area (Å²) in [6, 6.07) is 7.79. The van der Waals surface area contributed by atoms with E-state index in [9.17, 15) is 8.78 Å². The second-order valence-electron chi connectivity index (χ2n) is 4.65. The third-order valence-corrected chi connectivity index (χ3v) is 3.74. The molecule has 0 spiro atoms. The minimum absolute atomic E-state index is 0.0443. The van der Waals surface area contributed by atoms with E-state index in [-0.39, 0.29) is 5.02 Å². The van der Waals surface area contributed by atoms with E-state index >= 15 is 0 Å². The van der Waals surface area contributed by atoms with E-state index in [2.05, 4.69) is 5.32 Å². The van der Waals surface area contributed by atoms with E-state index in [4.69, 9.17) is 11.6 Å². The number of benzene rings is 2. The Morgan fingerprint density at radius 3 is 2.79 bits per heavy atom. The summed E-state index contributed by atoms with van der Waals surface area (Å²) in [5, 5.41) is 3.25. The van der Waals surface area contributed by atoms with E-state index in [0.29, 0.717) is 5.56 Å². The number of rotatable bonds is 1. The zero-order valence-corrected chi connectivity index (χ0v) is 10.9. The predicted octanol–water partition coefficient (Wildman–Crippen LogP) is 4.64. The van der Waals surface area contributed by atoms with Gasteiger partial charge in [0.1, 0.15) is 11.6 Å². The first kappa shape index (κ1) is 12.4. The van der Waals surface area contributed by atoms with Crippen molar-refractivity contribution in [1.82, 2.24) is 0 Å². The van der Waals surface area contributed by atoms with Crippen LogP contribution in [-0.4, -0.2) is 6.54 Å². The van der Waals surface area contributed by atoms with Gasteiger partial charge in [-0.3, -0.25) is 0 Å². The predicted molar refractivity (Wildman–Crippen MR) is 73.6 cm³/mol. The SMILES string of the molecule is Fc1cc(F)c(Cl)c(-c2ccc3c(c2)NCCC3)c1. The molecule has 4 heteroatoms. The third kappa shape index (κ3) is 2.30. The van der Waals surface area contributed by atoms with Gasteiger partial charge >= 0.3 is 0 Å². The first-order valence-corrected chi connectivity index (χ1v) is 6.54. The lowest BCUT2D eigenvalue weighted by Gasteiger charge is -2.19. The number of fused-ring (bicyclic) bond motifs is 1. The molecule has 0 radical (unpaired) electrons. The number of hydrogen-bond donors (Lipinski definition) is 1. The van der Waals surface area contributed by atoms with E-state index in [1.165, 1.54) is 11.6 Å². The van der Waals surface area contributed by atoms with Crippen LogP contribution in [0.3, 0.4) is 0 Å². The molecule has 0 fully saturated rings. The molecule has 0 atom stereocenters. The second-order valence-corrected chi connectivity index (χ2v) is 5.03. The zero-order valence-electron chi connectivity index (χ0n) is 10.1. The summed E-state index contributed by atoms with van der Waals surface area (Å²) in [7, 11) is 0. The molecule has 0 aliphatic carbocycles. The fourth-order valence-electron chi connectivity index (χ4n) is 2.39. The molecule has 1 nitrogen and oxygen atoms in total. The van der Waals surface area contributed by atoms with Crippen LogP contribution in [0.1, 0.15) is 12.0 Å². The molecule has 1 heterocycles. The van der Waals surface area contributed by atoms with Gasteiger partial charge in [0.15, 0.2) is 0 Å². The van der Waals surface area contributed by atoms with Gasteiger partial charge in [0, 0.05) is 23.9 Å². The summed E-state index contributed by atoms with van der Waals surface area (Å²) in [5.41, 5.74) is 3.35. The Morgan fingerprint density at radius 2 is 1.95 bits per heavy atom. The fourth-order valence-corrected chi connectivity index (χ4v) is 2.61. The summed E-state index contributed by atoms with van der Waals surface area (Å²) in [6.07, 6.45) is 2.12. The fraction of sp³-hybridized carbons (Fsp3) is 0.200. The number of aryl methyl sites for hydroxylation is 1. The maximum absolute atomic E-state index is 13.5. The minimum atomic E-state index is -0.734. The molecule has 0 bridgehead atoms. The highest BCUT2D eigenvalue weighted by Gasteiger charge is 2.14. The smallest absolute Gasteiger partial charge is 0.145 e. The van der Waals surface area contributed by atoms with Gasteiger partial charge in [0.05, 0.1) is 5.02 Å². The molecule has 0 saturated heterocycles. The molecule has 1 aliphatic heterocycles. The largest absolute Gasteiger partial charge is 0.385 e. The Labute approximate surface area is 115 Å². The normalized spacial score (nSPS) is 13.8. The van der Waals surface area contributed by atoms with Gasteiger partial charge < -0.3 is 5.32 Å². The van der Waals surface area contributed by atoms with Gasteiger partial charge in [-0.15, -0.1) is 0 Å². The molecule has 1 N–H and O–H groups in total. The quantitative estimate of drug-likeness (QED) is 0.750. The summed E-state index contributed by atoms with van der Waals surface area (Å²) in [5.74, 6) is -1.36. The highest BCUT2D eigenvalue weighted by Crippen LogP contribution is 2.34. The Kier molecular flexibility index (Phi) is 3.15. The molecule has 0 saturated carbocycles. The number of anilines is 1. The zero-order chi connectivity index (χ0) is 13.4. The first-order valence-electron chi connectivity index (χ1n) is 6.17. The monoisotopic (exact) mass is 279 g/mol. The van der Waals surface area contributed by atoms with Crippen molar-refractivity contribution >= 4 is 17.3 Å². The molecule has 3 rings (SSSR count). The molecule has 0 amide bonds. The molecular weight excluding hydrogens is 268 g/mol. The first-order chi connectivity index (χ1) is 9.15. The average Bonchev–Trinajstić information content (AvgIpc) is 2.42. The van der Waals surface area contributed by atoms with Gasteiger partial charge in [0.2, 0.25) is 0 Å². The van der Waals surface area contributed by atoms with Crippen LogP contribution in [0, 0.1) is 11.6 Å². The van der Waals surface area contributed by atoms with Gasteiger partial charge in [0.25, 0.3) is 0 Å². The standard InChI is InChI=1S/C15H12ClF2N/c16-15-12(7-11(17)8-13(15)18)10-4-3-9-2-1-5-19-14(9)6-10/h3-4,6-8,19H,1-2,5H2. The Morgan fingerprint density at radius 1 is 1.11 bits per heavy atom. The molecule has 1 aliphatic rings. The molecule has 19 heavy (non-hydrogen) atoms. The van der Waals surface area contributed by atoms with Crippen molar-refractivity contribution in [2.45, 2.75) is 12.8 Å². The van der Waals surface area contributed by atoms with Crippen molar-refractivity contribution in [2.75, 3.05) is 11.9 Å². The highest BCUT2D eigenvalue weighted by molar-refractivity contribution is 6.33. The van der Waals surface area contributed by atoms with Gasteiger partial charge in [-0.1, -0.05) is 23.7 Å². The summed E-state index contributed by atoms with van der Waals surface area (Å²) in [4.78, 5) is 0. The minimum Gasteiger partial charge on any atom is -0.385 e. The highest BCUT2D eigenvalue weighted by atomic mass is 35.5. The summed E-state index contributed by atoms with van der Waals surface area (Å²) >= 11 is 5.92. The van der Waals surface area contributed by atoms with Crippen molar-refractivity contribution in [2.24, 2.45) is 0 Å². The summed E-state index contributed by atoms with van der Waals surface area (Å²) < 4.78 is 26.8. The van der Waals surface area contributed by atoms with Crippen molar-refractivity contribution < 1.29 is 8.78 Å². The average molecular weight is 280 g/mol. The lowest BCUT2D eigenvalue weighted by molar-refractivity contribution is 0.584. The van der Waals surface area contributed by atoms with Crippen molar-refractivity contribution in [1.29, 1.82) is 0 Å². The van der Waals surface area contributed by atoms with E-state index in [1.807, 2.05) is 18.2 Å². The summed E-state index contributed by atoms with van der Waals surface area (Å²) in [6.45, 7) is 0.918. The molecule has 98 valence electrons.